The minimum atomic E-state index is 0.210. The van der Waals surface area contributed by atoms with Crippen LogP contribution in [0.15, 0.2) is 12.4 Å². The van der Waals surface area contributed by atoms with Crippen molar-refractivity contribution in [2.75, 3.05) is 18.0 Å². The van der Waals surface area contributed by atoms with E-state index in [4.69, 9.17) is 5.26 Å². The minimum absolute atomic E-state index is 0.210. The van der Waals surface area contributed by atoms with Crippen LogP contribution in [0.25, 0.3) is 0 Å². The average Bonchev–Trinajstić information content (AvgIpc) is 2.65. The zero-order chi connectivity index (χ0) is 9.97. The fourth-order valence-corrected chi connectivity index (χ4v) is 1.41. The Hall–Kier alpha value is -1.96. The second-order valence-electron chi connectivity index (χ2n) is 3.08. The maximum atomic E-state index is 11.0. The van der Waals surface area contributed by atoms with E-state index in [0.29, 0.717) is 31.0 Å². The first-order chi connectivity index (χ1) is 6.79. The molecule has 1 aromatic heterocycles. The molecule has 0 bridgehead atoms. The molecule has 0 unspecified atom stereocenters. The summed E-state index contributed by atoms with van der Waals surface area (Å²) in [5, 5.41) is 8.63. The summed E-state index contributed by atoms with van der Waals surface area (Å²) in [7, 11) is 0. The highest BCUT2D eigenvalue weighted by molar-refractivity contribution is 5.86. The molecular formula is C9H8N4O. The third-order valence-corrected chi connectivity index (χ3v) is 2.12. The number of nitrogens with zero attached hydrogens (tertiary/aromatic N) is 4. The number of hydrogen-bond acceptors (Lipinski definition) is 5. The monoisotopic (exact) mass is 188 g/mol. The van der Waals surface area contributed by atoms with E-state index in [9.17, 15) is 4.79 Å². The average molecular weight is 188 g/mol. The summed E-state index contributed by atoms with van der Waals surface area (Å²) < 4.78 is 0. The first-order valence-corrected chi connectivity index (χ1v) is 4.28. The summed E-state index contributed by atoms with van der Waals surface area (Å²) in [5.41, 5.74) is 0.328. The van der Waals surface area contributed by atoms with Crippen LogP contribution in [-0.4, -0.2) is 28.8 Å². The molecule has 0 aliphatic carbocycles. The number of anilines is 1. The first kappa shape index (κ1) is 8.63. The second-order valence-corrected chi connectivity index (χ2v) is 3.08. The SMILES string of the molecule is N#Cc1cc(N2CCC(=O)C2)ncn1. The maximum Gasteiger partial charge on any atom is 0.153 e. The molecule has 0 spiro atoms. The molecule has 0 saturated carbocycles. The predicted molar refractivity (Wildman–Crippen MR) is 48.6 cm³/mol. The van der Waals surface area contributed by atoms with E-state index in [1.54, 1.807) is 6.07 Å². The summed E-state index contributed by atoms with van der Waals surface area (Å²) >= 11 is 0. The van der Waals surface area contributed by atoms with Gasteiger partial charge in [0.2, 0.25) is 0 Å². The van der Waals surface area contributed by atoms with Gasteiger partial charge < -0.3 is 4.90 Å². The van der Waals surface area contributed by atoms with E-state index >= 15 is 0 Å². The number of aromatic nitrogens is 2. The molecule has 70 valence electrons. The molecule has 5 nitrogen and oxygen atoms in total. The van der Waals surface area contributed by atoms with Crippen LogP contribution in [0, 0.1) is 11.3 Å². The zero-order valence-electron chi connectivity index (χ0n) is 7.47. The molecule has 0 atom stereocenters. The van der Waals surface area contributed by atoms with Crippen molar-refractivity contribution in [3.63, 3.8) is 0 Å². The van der Waals surface area contributed by atoms with Crippen LogP contribution < -0.4 is 4.90 Å². The molecule has 1 aliphatic rings. The highest BCUT2D eigenvalue weighted by Gasteiger charge is 2.20. The van der Waals surface area contributed by atoms with Gasteiger partial charge in [-0.3, -0.25) is 4.79 Å². The van der Waals surface area contributed by atoms with Crippen molar-refractivity contribution in [3.05, 3.63) is 18.1 Å². The molecule has 5 heteroatoms. The summed E-state index contributed by atoms with van der Waals surface area (Å²) in [6.45, 7) is 1.07. The van der Waals surface area contributed by atoms with Gasteiger partial charge in [0.15, 0.2) is 5.78 Å². The lowest BCUT2D eigenvalue weighted by Crippen LogP contribution is -2.20. The number of hydrogen-bond donors (Lipinski definition) is 0. The minimum Gasteiger partial charge on any atom is -0.349 e. The second kappa shape index (κ2) is 3.42. The Morgan fingerprint density at radius 2 is 2.36 bits per heavy atom. The van der Waals surface area contributed by atoms with Crippen LogP contribution in [0.4, 0.5) is 5.82 Å². The quantitative estimate of drug-likeness (QED) is 0.626. The van der Waals surface area contributed by atoms with Crippen molar-refractivity contribution < 1.29 is 4.79 Å². The summed E-state index contributed by atoms with van der Waals surface area (Å²) in [6, 6.07) is 3.54. The molecule has 1 aromatic rings. The van der Waals surface area contributed by atoms with Crippen LogP contribution >= 0.6 is 0 Å². The van der Waals surface area contributed by atoms with E-state index in [2.05, 4.69) is 9.97 Å². The molecule has 2 heterocycles. The molecular weight excluding hydrogens is 180 g/mol. The predicted octanol–water partition coefficient (Wildman–Crippen LogP) is 0.127. The molecule has 14 heavy (non-hydrogen) atoms. The van der Waals surface area contributed by atoms with Crippen molar-refractivity contribution in [3.8, 4) is 6.07 Å². The van der Waals surface area contributed by atoms with Crippen LogP contribution in [0.5, 0.6) is 0 Å². The lowest BCUT2D eigenvalue weighted by molar-refractivity contribution is -0.116. The summed E-state index contributed by atoms with van der Waals surface area (Å²) in [4.78, 5) is 20.7. The Bertz CT molecular complexity index is 410. The molecule has 0 N–H and O–H groups in total. The van der Waals surface area contributed by atoms with Gasteiger partial charge in [0.25, 0.3) is 0 Å². The van der Waals surface area contributed by atoms with Crippen molar-refractivity contribution in [2.45, 2.75) is 6.42 Å². The van der Waals surface area contributed by atoms with Gasteiger partial charge in [0, 0.05) is 19.0 Å². The van der Waals surface area contributed by atoms with Crippen LogP contribution in [-0.2, 0) is 4.79 Å². The third-order valence-electron chi connectivity index (χ3n) is 2.12. The molecule has 0 radical (unpaired) electrons. The number of rotatable bonds is 1. The van der Waals surface area contributed by atoms with Gasteiger partial charge in [-0.1, -0.05) is 0 Å². The van der Waals surface area contributed by atoms with Gasteiger partial charge in [-0.2, -0.15) is 5.26 Å². The highest BCUT2D eigenvalue weighted by Crippen LogP contribution is 2.15. The Morgan fingerprint density at radius 3 is 3.00 bits per heavy atom. The van der Waals surface area contributed by atoms with Crippen LogP contribution in [0.1, 0.15) is 12.1 Å². The lowest BCUT2D eigenvalue weighted by atomic mass is 10.4. The van der Waals surface area contributed by atoms with E-state index < -0.39 is 0 Å². The number of carbonyl (C=O) groups excluding carboxylic acids is 1. The van der Waals surface area contributed by atoms with E-state index in [-0.39, 0.29) is 5.78 Å². The molecule has 2 rings (SSSR count). The number of ketones is 1. The summed E-state index contributed by atoms with van der Waals surface area (Å²) in [5.74, 6) is 0.865. The first-order valence-electron chi connectivity index (χ1n) is 4.28. The highest BCUT2D eigenvalue weighted by atomic mass is 16.1. The van der Waals surface area contributed by atoms with Gasteiger partial charge >= 0.3 is 0 Å². The van der Waals surface area contributed by atoms with Gasteiger partial charge in [-0.25, -0.2) is 9.97 Å². The molecule has 0 aromatic carbocycles. The number of nitriles is 1. The van der Waals surface area contributed by atoms with Crippen LogP contribution in [0.3, 0.4) is 0 Å². The van der Waals surface area contributed by atoms with Crippen molar-refractivity contribution in [1.82, 2.24) is 9.97 Å². The standard InChI is InChI=1S/C9H8N4O/c10-4-7-3-9(12-6-11-7)13-2-1-8(14)5-13/h3,6H,1-2,5H2. The van der Waals surface area contributed by atoms with Crippen LogP contribution in [0.2, 0.25) is 0 Å². The van der Waals surface area contributed by atoms with E-state index in [1.807, 2.05) is 11.0 Å². The van der Waals surface area contributed by atoms with Crippen molar-refractivity contribution in [2.24, 2.45) is 0 Å². The van der Waals surface area contributed by atoms with Gasteiger partial charge in [0.05, 0.1) is 6.54 Å². The fraction of sp³-hybridized carbons (Fsp3) is 0.333. The Morgan fingerprint density at radius 1 is 1.50 bits per heavy atom. The molecule has 0 amide bonds. The Balaban J connectivity index is 2.24. The smallest absolute Gasteiger partial charge is 0.153 e. The number of carbonyl (C=O) groups is 1. The maximum absolute atomic E-state index is 11.0. The van der Waals surface area contributed by atoms with Gasteiger partial charge in [0.1, 0.15) is 23.9 Å². The summed E-state index contributed by atoms with van der Waals surface area (Å²) in [6.07, 6.45) is 1.91. The molecule has 1 saturated heterocycles. The van der Waals surface area contributed by atoms with Crippen molar-refractivity contribution in [1.29, 1.82) is 5.26 Å². The Labute approximate surface area is 81.0 Å². The topological polar surface area (TPSA) is 69.9 Å². The van der Waals surface area contributed by atoms with Gasteiger partial charge in [-0.05, 0) is 0 Å². The fourth-order valence-electron chi connectivity index (χ4n) is 1.41. The van der Waals surface area contributed by atoms with E-state index in [1.165, 1.54) is 6.33 Å². The normalized spacial score (nSPS) is 15.6. The van der Waals surface area contributed by atoms with Gasteiger partial charge in [-0.15, -0.1) is 0 Å². The molecule has 1 fully saturated rings. The van der Waals surface area contributed by atoms with E-state index in [0.717, 1.165) is 0 Å². The number of Topliss-reactive ketones (excluding diaryl/α,β-unsaturated/α-hetero) is 1. The largest absolute Gasteiger partial charge is 0.349 e. The van der Waals surface area contributed by atoms with Crippen molar-refractivity contribution >= 4 is 11.6 Å². The Kier molecular flexibility index (Phi) is 2.11. The zero-order valence-corrected chi connectivity index (χ0v) is 7.47. The molecule has 1 aliphatic heterocycles. The lowest BCUT2D eigenvalue weighted by Gasteiger charge is -2.14. The third kappa shape index (κ3) is 1.55.